The third kappa shape index (κ3) is 7.57. The van der Waals surface area contributed by atoms with Crippen molar-refractivity contribution in [1.82, 2.24) is 0 Å². The number of hydrogen-bond acceptors (Lipinski definition) is 4. The fourth-order valence-electron chi connectivity index (χ4n) is 4.02. The lowest BCUT2D eigenvalue weighted by Gasteiger charge is -2.23. The number of carbonyl (C=O) groups is 2. The van der Waals surface area contributed by atoms with Crippen molar-refractivity contribution in [3.05, 3.63) is 132 Å². The van der Waals surface area contributed by atoms with E-state index in [1.54, 1.807) is 6.92 Å². The van der Waals surface area contributed by atoms with E-state index in [1.165, 1.54) is 18.1 Å². The van der Waals surface area contributed by atoms with Crippen LogP contribution >= 0.6 is 0 Å². The Balaban J connectivity index is 0.000000201. The van der Waals surface area contributed by atoms with E-state index in [4.69, 9.17) is 11.5 Å². The summed E-state index contributed by atoms with van der Waals surface area (Å²) in [5, 5.41) is 0. The Hall–Kier alpha value is -3.86. The maximum Gasteiger partial charge on any atom is 0.147 e. The van der Waals surface area contributed by atoms with Crippen LogP contribution in [0.1, 0.15) is 36.5 Å². The van der Waals surface area contributed by atoms with Gasteiger partial charge < -0.3 is 11.5 Å². The zero-order valence-corrected chi connectivity index (χ0v) is 20.9. The molecule has 4 N–H and O–H groups in total. The van der Waals surface area contributed by atoms with Gasteiger partial charge in [0.1, 0.15) is 11.6 Å². The molecule has 0 radical (unpaired) electrons. The summed E-state index contributed by atoms with van der Waals surface area (Å²) < 4.78 is 0. The Morgan fingerprint density at radius 3 is 1.42 bits per heavy atom. The van der Waals surface area contributed by atoms with E-state index in [0.717, 1.165) is 16.7 Å². The number of rotatable bonds is 8. The summed E-state index contributed by atoms with van der Waals surface area (Å²) in [7, 11) is 0. The highest BCUT2D eigenvalue weighted by Gasteiger charge is 2.24. The van der Waals surface area contributed by atoms with Gasteiger partial charge in [-0.15, -0.1) is 0 Å². The van der Waals surface area contributed by atoms with E-state index < -0.39 is 12.1 Å². The lowest BCUT2D eigenvalue weighted by Crippen LogP contribution is -2.35. The van der Waals surface area contributed by atoms with Crippen molar-refractivity contribution in [3.8, 4) is 11.1 Å². The van der Waals surface area contributed by atoms with Crippen LogP contribution in [0.5, 0.6) is 0 Å². The maximum absolute atomic E-state index is 11.6. The van der Waals surface area contributed by atoms with Crippen LogP contribution in [-0.2, 0) is 16.0 Å². The highest BCUT2D eigenvalue weighted by Crippen LogP contribution is 2.27. The van der Waals surface area contributed by atoms with E-state index in [-0.39, 0.29) is 17.5 Å². The molecule has 0 saturated heterocycles. The molecule has 4 rings (SSSR count). The first-order valence-electron chi connectivity index (χ1n) is 12.1. The second kappa shape index (κ2) is 13.3. The van der Waals surface area contributed by atoms with Gasteiger partial charge in [0.2, 0.25) is 0 Å². The molecule has 0 amide bonds. The molecule has 2 atom stereocenters. The smallest absolute Gasteiger partial charge is 0.147 e. The third-order valence-corrected chi connectivity index (χ3v) is 6.18. The maximum atomic E-state index is 11.6. The van der Waals surface area contributed by atoms with Crippen molar-refractivity contribution in [3.63, 3.8) is 0 Å². The van der Waals surface area contributed by atoms with Crippen molar-refractivity contribution in [2.75, 3.05) is 0 Å². The standard InChI is InChI=1S/2C16H17NO/c1-12(18)16(17)15(13-8-4-2-5-9-13)14-10-6-3-7-11-14;1-12(18)16(17)11-13-7-9-15(10-8-13)14-5-3-2-4-6-14/h2-11,15-16H,17H2,1H3;2-10,16H,11,17H2,1H3/t2*16-/m10/s1. The van der Waals surface area contributed by atoms with Gasteiger partial charge in [-0.1, -0.05) is 115 Å². The quantitative estimate of drug-likeness (QED) is 0.348. The molecule has 0 spiro atoms. The molecule has 36 heavy (non-hydrogen) atoms. The first-order chi connectivity index (χ1) is 17.4. The molecule has 0 heterocycles. The van der Waals surface area contributed by atoms with Crippen molar-refractivity contribution < 1.29 is 9.59 Å². The van der Waals surface area contributed by atoms with Gasteiger partial charge in [-0.25, -0.2) is 0 Å². The molecule has 0 fully saturated rings. The molecule has 4 aromatic carbocycles. The second-order valence-electron chi connectivity index (χ2n) is 8.92. The van der Waals surface area contributed by atoms with Crippen molar-refractivity contribution >= 4 is 11.6 Å². The van der Waals surface area contributed by atoms with Crippen LogP contribution in [0.3, 0.4) is 0 Å². The zero-order chi connectivity index (χ0) is 25.9. The predicted molar refractivity (Wildman–Crippen MR) is 148 cm³/mol. The Bertz CT molecular complexity index is 1180. The molecule has 0 aliphatic carbocycles. The molecule has 0 aromatic heterocycles. The minimum atomic E-state index is -0.505. The Morgan fingerprint density at radius 1 is 0.583 bits per heavy atom. The topological polar surface area (TPSA) is 86.2 Å². The van der Waals surface area contributed by atoms with Crippen molar-refractivity contribution in [2.24, 2.45) is 11.5 Å². The van der Waals surface area contributed by atoms with Gasteiger partial charge in [-0.2, -0.15) is 0 Å². The van der Waals surface area contributed by atoms with Gasteiger partial charge in [-0.05, 0) is 48.1 Å². The molecule has 0 unspecified atom stereocenters. The summed E-state index contributed by atoms with van der Waals surface area (Å²) in [5.74, 6) is -0.0419. The van der Waals surface area contributed by atoms with Crippen LogP contribution in [0.4, 0.5) is 0 Å². The van der Waals surface area contributed by atoms with Crippen LogP contribution in [-0.4, -0.2) is 23.7 Å². The number of nitrogens with two attached hydrogens (primary N) is 2. The van der Waals surface area contributed by atoms with E-state index in [9.17, 15) is 9.59 Å². The summed E-state index contributed by atoms with van der Waals surface area (Å²) >= 11 is 0. The molecule has 0 aliphatic rings. The van der Waals surface area contributed by atoms with E-state index >= 15 is 0 Å². The van der Waals surface area contributed by atoms with Crippen LogP contribution in [0, 0.1) is 0 Å². The summed E-state index contributed by atoms with van der Waals surface area (Å²) in [5.41, 5.74) is 17.4. The number of ketones is 2. The molecular formula is C32H34N2O2. The Kier molecular flexibility index (Phi) is 9.87. The minimum absolute atomic E-state index is 0.00714. The number of carbonyl (C=O) groups excluding carboxylic acids is 2. The predicted octanol–water partition coefficient (Wildman–Crippen LogP) is 5.55. The Labute approximate surface area is 214 Å². The molecule has 4 heteroatoms. The monoisotopic (exact) mass is 478 g/mol. The minimum Gasteiger partial charge on any atom is -0.321 e. The highest BCUT2D eigenvalue weighted by atomic mass is 16.1. The van der Waals surface area contributed by atoms with Crippen LogP contribution < -0.4 is 11.5 Å². The normalized spacial score (nSPS) is 12.2. The third-order valence-electron chi connectivity index (χ3n) is 6.18. The summed E-state index contributed by atoms with van der Waals surface area (Å²) in [6.07, 6.45) is 0.602. The lowest BCUT2D eigenvalue weighted by molar-refractivity contribution is -0.119. The fourth-order valence-corrected chi connectivity index (χ4v) is 4.02. The lowest BCUT2D eigenvalue weighted by atomic mass is 9.84. The van der Waals surface area contributed by atoms with Gasteiger partial charge in [0.05, 0.1) is 12.1 Å². The van der Waals surface area contributed by atoms with E-state index in [2.05, 4.69) is 24.3 Å². The SMILES string of the molecule is CC(=O)[C@@H](N)C(c1ccccc1)c1ccccc1.CC(=O)[C@@H](N)Cc1ccc(-c2ccccc2)cc1. The van der Waals surface area contributed by atoms with Gasteiger partial charge in [-0.3, -0.25) is 9.59 Å². The first-order valence-corrected chi connectivity index (χ1v) is 12.1. The first kappa shape index (κ1) is 26.7. The molecule has 4 aromatic rings. The zero-order valence-electron chi connectivity index (χ0n) is 20.9. The molecule has 0 saturated carbocycles. The van der Waals surface area contributed by atoms with Gasteiger partial charge in [0.15, 0.2) is 0 Å². The number of benzene rings is 4. The molecular weight excluding hydrogens is 444 g/mol. The van der Waals surface area contributed by atoms with Gasteiger partial charge in [0.25, 0.3) is 0 Å². The average Bonchev–Trinajstić information content (AvgIpc) is 2.91. The van der Waals surface area contributed by atoms with Crippen LogP contribution in [0.15, 0.2) is 115 Å². The van der Waals surface area contributed by atoms with Crippen molar-refractivity contribution in [1.29, 1.82) is 0 Å². The number of hydrogen-bond donors (Lipinski definition) is 2. The van der Waals surface area contributed by atoms with E-state index in [0.29, 0.717) is 6.42 Å². The molecule has 184 valence electrons. The Morgan fingerprint density at radius 2 is 1.00 bits per heavy atom. The molecule has 0 aliphatic heterocycles. The molecule has 0 bridgehead atoms. The fraction of sp³-hybridized carbons (Fsp3) is 0.188. The number of Topliss-reactive ketones (excluding diaryl/α,β-unsaturated/α-hetero) is 2. The second-order valence-corrected chi connectivity index (χ2v) is 8.92. The summed E-state index contributed by atoms with van der Waals surface area (Å²) in [6, 6.07) is 37.4. The van der Waals surface area contributed by atoms with Crippen molar-refractivity contribution in [2.45, 2.75) is 38.3 Å². The van der Waals surface area contributed by atoms with Gasteiger partial charge >= 0.3 is 0 Å². The van der Waals surface area contributed by atoms with Gasteiger partial charge in [0, 0.05) is 5.92 Å². The molecule has 4 nitrogen and oxygen atoms in total. The largest absolute Gasteiger partial charge is 0.321 e. The van der Waals surface area contributed by atoms with Crippen LogP contribution in [0.25, 0.3) is 11.1 Å². The van der Waals surface area contributed by atoms with E-state index in [1.807, 2.05) is 91.0 Å². The van der Waals surface area contributed by atoms with Crippen LogP contribution in [0.2, 0.25) is 0 Å². The summed E-state index contributed by atoms with van der Waals surface area (Å²) in [4.78, 5) is 22.7. The average molecular weight is 479 g/mol. The highest BCUT2D eigenvalue weighted by molar-refractivity contribution is 5.83. The summed E-state index contributed by atoms with van der Waals surface area (Å²) in [6.45, 7) is 3.08.